The van der Waals surface area contributed by atoms with Gasteiger partial charge >= 0.3 is 0 Å². The molecule has 4 nitrogen and oxygen atoms in total. The fraction of sp³-hybridized carbons (Fsp3) is 0.455. The van der Waals surface area contributed by atoms with Gasteiger partial charge in [-0.3, -0.25) is 4.79 Å². The molecule has 0 aliphatic rings. The summed E-state index contributed by atoms with van der Waals surface area (Å²) >= 11 is 0. The molecule has 1 aromatic heterocycles. The van der Waals surface area contributed by atoms with Crippen LogP contribution in [0.25, 0.3) is 5.76 Å². The van der Waals surface area contributed by atoms with Crippen LogP contribution in [0, 0.1) is 6.92 Å². The normalized spacial score (nSPS) is 8.80. The van der Waals surface area contributed by atoms with Crippen LogP contribution in [0.4, 0.5) is 0 Å². The highest BCUT2D eigenvalue weighted by Crippen LogP contribution is 2.13. The predicted molar refractivity (Wildman–Crippen MR) is 61.6 cm³/mol. The van der Waals surface area contributed by atoms with Gasteiger partial charge in [-0.1, -0.05) is 20.4 Å². The van der Waals surface area contributed by atoms with Crippen molar-refractivity contribution in [2.75, 3.05) is 6.61 Å². The van der Waals surface area contributed by atoms with Crippen molar-refractivity contribution in [3.8, 4) is 0 Å². The van der Waals surface area contributed by atoms with E-state index in [9.17, 15) is 4.79 Å². The second-order valence-electron chi connectivity index (χ2n) is 2.59. The molecule has 84 valence electrons. The molecular formula is C11H18N2O2. The Hall–Kier alpha value is -1.58. The van der Waals surface area contributed by atoms with Crippen LogP contribution in [-0.4, -0.2) is 16.8 Å². The predicted octanol–water partition coefficient (Wildman–Crippen LogP) is 2.11. The molecule has 1 aromatic rings. The topological polar surface area (TPSA) is 55.0 Å². The summed E-state index contributed by atoms with van der Waals surface area (Å²) in [5.74, 6) is 0.485. The molecule has 0 aromatic carbocycles. The van der Waals surface area contributed by atoms with E-state index in [1.807, 2.05) is 20.8 Å². The molecule has 1 rings (SSSR count). The molecule has 0 radical (unpaired) electrons. The van der Waals surface area contributed by atoms with E-state index >= 15 is 0 Å². The first-order valence-corrected chi connectivity index (χ1v) is 5.03. The molecule has 0 saturated heterocycles. The Morgan fingerprint density at radius 3 is 2.73 bits per heavy atom. The van der Waals surface area contributed by atoms with E-state index in [-0.39, 0.29) is 5.56 Å². The first-order valence-electron chi connectivity index (χ1n) is 5.03. The minimum Gasteiger partial charge on any atom is -0.494 e. The molecule has 4 heteroatoms. The van der Waals surface area contributed by atoms with Gasteiger partial charge in [-0.15, -0.1) is 0 Å². The van der Waals surface area contributed by atoms with Gasteiger partial charge < -0.3 is 4.74 Å². The molecule has 0 unspecified atom stereocenters. The van der Waals surface area contributed by atoms with Crippen LogP contribution in [0.3, 0.4) is 0 Å². The van der Waals surface area contributed by atoms with Crippen molar-refractivity contribution in [3.63, 3.8) is 0 Å². The van der Waals surface area contributed by atoms with Crippen LogP contribution in [-0.2, 0) is 4.74 Å². The first-order chi connectivity index (χ1) is 7.16. The second-order valence-corrected chi connectivity index (χ2v) is 2.59. The number of nitrogens with zero attached hydrogens (tertiary/aromatic N) is 1. The molecule has 1 N–H and O–H groups in total. The molecule has 0 aliphatic heterocycles. The quantitative estimate of drug-likeness (QED) is 0.777. The van der Waals surface area contributed by atoms with Crippen LogP contribution in [0.15, 0.2) is 17.6 Å². The number of aromatic nitrogens is 2. The van der Waals surface area contributed by atoms with Crippen LogP contribution in [0.2, 0.25) is 0 Å². The molecule has 0 saturated carbocycles. The van der Waals surface area contributed by atoms with Crippen molar-refractivity contribution < 1.29 is 4.74 Å². The summed E-state index contributed by atoms with van der Waals surface area (Å²) in [5.41, 5.74) is 1.03. The van der Waals surface area contributed by atoms with E-state index in [1.54, 1.807) is 6.92 Å². The first kappa shape index (κ1) is 13.4. The molecule has 0 bridgehead atoms. The van der Waals surface area contributed by atoms with E-state index in [2.05, 4.69) is 16.8 Å². The highest BCUT2D eigenvalue weighted by molar-refractivity contribution is 5.59. The Kier molecular flexibility index (Phi) is 6.09. The van der Waals surface area contributed by atoms with Gasteiger partial charge in [-0.2, -0.15) is 5.10 Å². The van der Waals surface area contributed by atoms with Crippen LogP contribution in [0.5, 0.6) is 0 Å². The van der Waals surface area contributed by atoms with Gasteiger partial charge in [0.2, 0.25) is 0 Å². The molecule has 0 atom stereocenters. The number of ether oxygens (including phenoxy) is 1. The van der Waals surface area contributed by atoms with E-state index in [4.69, 9.17) is 4.74 Å². The van der Waals surface area contributed by atoms with E-state index in [0.717, 1.165) is 0 Å². The lowest BCUT2D eigenvalue weighted by Gasteiger charge is -2.07. The van der Waals surface area contributed by atoms with Crippen molar-refractivity contribution in [1.29, 1.82) is 0 Å². The highest BCUT2D eigenvalue weighted by atomic mass is 16.5. The molecule has 0 spiro atoms. The molecule has 0 aliphatic carbocycles. The molecule has 15 heavy (non-hydrogen) atoms. The second kappa shape index (κ2) is 6.81. The SMILES string of the molecule is C=C(OCC)c1cn[nH]c(=O)c1C.CC. The van der Waals surface area contributed by atoms with Crippen molar-refractivity contribution >= 4 is 5.76 Å². The molecule has 0 amide bonds. The van der Waals surface area contributed by atoms with E-state index in [1.165, 1.54) is 6.20 Å². The van der Waals surface area contributed by atoms with Crippen LogP contribution < -0.4 is 5.56 Å². The number of nitrogens with one attached hydrogen (secondary N) is 1. The lowest BCUT2D eigenvalue weighted by Crippen LogP contribution is -2.13. The highest BCUT2D eigenvalue weighted by Gasteiger charge is 2.06. The fourth-order valence-corrected chi connectivity index (χ4v) is 0.992. The third-order valence-corrected chi connectivity index (χ3v) is 1.72. The number of hydrogen-bond donors (Lipinski definition) is 1. The van der Waals surface area contributed by atoms with Crippen molar-refractivity contribution in [2.24, 2.45) is 0 Å². The zero-order valence-electron chi connectivity index (χ0n) is 9.76. The van der Waals surface area contributed by atoms with Gasteiger partial charge in [-0.05, 0) is 13.8 Å². The largest absolute Gasteiger partial charge is 0.494 e. The Bertz CT molecular complexity index is 369. The summed E-state index contributed by atoms with van der Waals surface area (Å²) in [5, 5.41) is 6.00. The van der Waals surface area contributed by atoms with Gasteiger partial charge in [0.05, 0.1) is 12.8 Å². The lowest BCUT2D eigenvalue weighted by molar-refractivity contribution is 0.298. The van der Waals surface area contributed by atoms with Gasteiger partial charge in [0.15, 0.2) is 0 Å². The summed E-state index contributed by atoms with van der Waals surface area (Å²) < 4.78 is 5.18. The molecule has 1 heterocycles. The summed E-state index contributed by atoms with van der Waals surface area (Å²) in [6.07, 6.45) is 1.54. The maximum atomic E-state index is 11.1. The van der Waals surface area contributed by atoms with E-state index in [0.29, 0.717) is 23.5 Å². The van der Waals surface area contributed by atoms with Crippen LogP contribution in [0.1, 0.15) is 31.9 Å². The summed E-state index contributed by atoms with van der Waals surface area (Å²) in [7, 11) is 0. The zero-order valence-corrected chi connectivity index (χ0v) is 9.76. The third kappa shape index (κ3) is 3.58. The van der Waals surface area contributed by atoms with Gasteiger partial charge in [-0.25, -0.2) is 5.10 Å². The standard InChI is InChI=1S/C9H12N2O2.C2H6/c1-4-13-7(3)8-5-10-11-9(12)6(8)2;1-2/h5H,3-4H2,1-2H3,(H,11,12);1-2H3. The average molecular weight is 210 g/mol. The minimum absolute atomic E-state index is 0.210. The Balaban J connectivity index is 0.000000921. The zero-order chi connectivity index (χ0) is 11.8. The van der Waals surface area contributed by atoms with Crippen molar-refractivity contribution in [2.45, 2.75) is 27.7 Å². The number of rotatable bonds is 3. The molecule has 0 fully saturated rings. The maximum Gasteiger partial charge on any atom is 0.267 e. The average Bonchev–Trinajstić information content (AvgIpc) is 2.25. The third-order valence-electron chi connectivity index (χ3n) is 1.72. The lowest BCUT2D eigenvalue weighted by atomic mass is 10.1. The minimum atomic E-state index is -0.210. The van der Waals surface area contributed by atoms with Crippen LogP contribution >= 0.6 is 0 Å². The molecular weight excluding hydrogens is 192 g/mol. The number of aromatic amines is 1. The summed E-state index contributed by atoms with van der Waals surface area (Å²) in [4.78, 5) is 11.1. The fourth-order valence-electron chi connectivity index (χ4n) is 0.992. The number of hydrogen-bond acceptors (Lipinski definition) is 3. The monoisotopic (exact) mass is 210 g/mol. The maximum absolute atomic E-state index is 11.1. The smallest absolute Gasteiger partial charge is 0.267 e. The van der Waals surface area contributed by atoms with Gasteiger partial charge in [0.1, 0.15) is 5.76 Å². The Morgan fingerprint density at radius 2 is 2.20 bits per heavy atom. The van der Waals surface area contributed by atoms with E-state index < -0.39 is 0 Å². The number of H-pyrrole nitrogens is 1. The summed E-state index contributed by atoms with van der Waals surface area (Å²) in [6.45, 7) is 11.8. The van der Waals surface area contributed by atoms with Crippen molar-refractivity contribution in [3.05, 3.63) is 34.3 Å². The Morgan fingerprint density at radius 1 is 1.60 bits per heavy atom. The van der Waals surface area contributed by atoms with Gasteiger partial charge in [0.25, 0.3) is 5.56 Å². The van der Waals surface area contributed by atoms with Crippen molar-refractivity contribution in [1.82, 2.24) is 10.2 Å². The van der Waals surface area contributed by atoms with Gasteiger partial charge in [0, 0.05) is 11.1 Å². The Labute approximate surface area is 90.0 Å². The summed E-state index contributed by atoms with van der Waals surface area (Å²) in [6, 6.07) is 0.